The third-order valence-electron chi connectivity index (χ3n) is 4.22. The van der Waals surface area contributed by atoms with Crippen LogP contribution in [-0.2, 0) is 6.61 Å². The molecule has 144 valence electrons. The fraction of sp³-hybridized carbons (Fsp3) is 0.0870. The zero-order valence-corrected chi connectivity index (χ0v) is 16.5. The Balaban J connectivity index is 1.60. The van der Waals surface area contributed by atoms with Gasteiger partial charge in [-0.15, -0.1) is 10.2 Å². The lowest BCUT2D eigenvalue weighted by molar-refractivity contribution is 0.301. The summed E-state index contributed by atoms with van der Waals surface area (Å²) in [5, 5.41) is 8.83. The maximum atomic E-state index is 6.00. The number of nitrogens with zero attached hydrogens (tertiary/aromatic N) is 3. The van der Waals surface area contributed by atoms with Crippen molar-refractivity contribution in [1.29, 1.82) is 0 Å². The number of ether oxygens (including phenoxy) is 1. The van der Waals surface area contributed by atoms with E-state index < -0.39 is 0 Å². The molecule has 4 rings (SSSR count). The first-order valence-corrected chi connectivity index (χ1v) is 9.46. The molecule has 0 N–H and O–H groups in total. The van der Waals surface area contributed by atoms with Crippen molar-refractivity contribution in [3.05, 3.63) is 107 Å². The zero-order valence-electron chi connectivity index (χ0n) is 15.7. The summed E-state index contributed by atoms with van der Waals surface area (Å²) < 4.78 is 11.5. The van der Waals surface area contributed by atoms with Gasteiger partial charge in [0.15, 0.2) is 0 Å². The molecule has 0 spiro atoms. The van der Waals surface area contributed by atoms with Crippen LogP contribution in [0.4, 0.5) is 0 Å². The van der Waals surface area contributed by atoms with Crippen molar-refractivity contribution in [2.24, 2.45) is 0 Å². The van der Waals surface area contributed by atoms with Gasteiger partial charge in [0.2, 0.25) is 11.8 Å². The predicted molar refractivity (Wildman–Crippen MR) is 112 cm³/mol. The Morgan fingerprint density at radius 3 is 2.45 bits per heavy atom. The van der Waals surface area contributed by atoms with E-state index in [0.29, 0.717) is 23.4 Å². The van der Waals surface area contributed by atoms with E-state index in [-0.39, 0.29) is 0 Å². The van der Waals surface area contributed by atoms with Crippen molar-refractivity contribution >= 4 is 23.3 Å². The molecule has 2 heterocycles. The molecule has 29 heavy (non-hydrogen) atoms. The van der Waals surface area contributed by atoms with Gasteiger partial charge in [0, 0.05) is 23.7 Å². The largest absolute Gasteiger partial charge is 0.487 e. The lowest BCUT2D eigenvalue weighted by atomic mass is 10.0. The van der Waals surface area contributed by atoms with Crippen LogP contribution >= 0.6 is 11.6 Å². The summed E-state index contributed by atoms with van der Waals surface area (Å²) in [5.41, 5.74) is 3.62. The predicted octanol–water partition coefficient (Wildman–Crippen LogP) is 5.59. The second-order valence-corrected chi connectivity index (χ2v) is 6.81. The van der Waals surface area contributed by atoms with Crippen molar-refractivity contribution in [2.75, 3.05) is 0 Å². The van der Waals surface area contributed by atoms with E-state index in [1.807, 2.05) is 72.8 Å². The fourth-order valence-electron chi connectivity index (χ4n) is 2.77. The molecule has 2 aromatic carbocycles. The third-order valence-corrected chi connectivity index (χ3v) is 4.47. The lowest BCUT2D eigenvalue weighted by Gasteiger charge is -2.08. The summed E-state index contributed by atoms with van der Waals surface area (Å²) >= 11 is 6.00. The van der Waals surface area contributed by atoms with Gasteiger partial charge in [-0.3, -0.25) is 4.98 Å². The van der Waals surface area contributed by atoms with E-state index in [0.717, 1.165) is 28.1 Å². The summed E-state index contributed by atoms with van der Waals surface area (Å²) in [6, 6.07) is 21.1. The van der Waals surface area contributed by atoms with E-state index in [9.17, 15) is 0 Å². The van der Waals surface area contributed by atoms with Crippen molar-refractivity contribution < 1.29 is 9.15 Å². The van der Waals surface area contributed by atoms with Crippen LogP contribution in [0.1, 0.15) is 28.6 Å². The van der Waals surface area contributed by atoms with Gasteiger partial charge in [0.1, 0.15) is 12.4 Å². The first-order valence-electron chi connectivity index (χ1n) is 9.08. The molecular formula is C23H18ClN3O2. The second-order valence-electron chi connectivity index (χ2n) is 6.37. The van der Waals surface area contributed by atoms with Gasteiger partial charge in [0.25, 0.3) is 0 Å². The van der Waals surface area contributed by atoms with Gasteiger partial charge < -0.3 is 9.15 Å². The van der Waals surface area contributed by atoms with Gasteiger partial charge in [-0.25, -0.2) is 0 Å². The number of halogens is 1. The van der Waals surface area contributed by atoms with Crippen LogP contribution in [0.15, 0.2) is 77.3 Å². The molecule has 6 heteroatoms. The number of pyridine rings is 1. The Labute approximate surface area is 173 Å². The van der Waals surface area contributed by atoms with Crippen LogP contribution in [0.25, 0.3) is 11.6 Å². The highest BCUT2D eigenvalue weighted by Gasteiger charge is 2.13. The number of hydrogen-bond donors (Lipinski definition) is 0. The summed E-state index contributed by atoms with van der Waals surface area (Å²) in [6.45, 7) is 2.18. The van der Waals surface area contributed by atoms with Gasteiger partial charge in [-0.05, 0) is 53.6 Å². The van der Waals surface area contributed by atoms with Crippen molar-refractivity contribution in [3.63, 3.8) is 0 Å². The Kier molecular flexibility index (Phi) is 5.68. The van der Waals surface area contributed by atoms with Crippen LogP contribution < -0.4 is 4.74 Å². The first kappa shape index (κ1) is 18.9. The maximum absolute atomic E-state index is 6.00. The topological polar surface area (TPSA) is 61.0 Å². The van der Waals surface area contributed by atoms with Crippen molar-refractivity contribution in [1.82, 2.24) is 15.2 Å². The highest BCUT2D eigenvalue weighted by molar-refractivity contribution is 6.30. The molecule has 0 bridgehead atoms. The molecule has 0 radical (unpaired) electrons. The van der Waals surface area contributed by atoms with Gasteiger partial charge in [-0.1, -0.05) is 41.9 Å². The van der Waals surface area contributed by atoms with E-state index in [1.54, 1.807) is 13.1 Å². The monoisotopic (exact) mass is 403 g/mol. The Morgan fingerprint density at radius 2 is 1.79 bits per heavy atom. The smallest absolute Gasteiger partial charge is 0.248 e. The molecule has 0 unspecified atom stereocenters. The standard InChI is InChI=1S/C23H18ClN3O2/c1-16-26-27-23(29-16)22(14-17-5-9-19(24)10-6-17)18-7-11-21(12-8-18)28-15-20-4-2-3-13-25-20/h2-14H,15H2,1H3. The molecule has 0 saturated heterocycles. The van der Waals surface area contributed by atoms with Gasteiger partial charge in [0.05, 0.1) is 5.69 Å². The second kappa shape index (κ2) is 8.71. The van der Waals surface area contributed by atoms with Crippen LogP contribution in [0.5, 0.6) is 5.75 Å². The van der Waals surface area contributed by atoms with Gasteiger partial charge in [-0.2, -0.15) is 0 Å². The minimum atomic E-state index is 0.413. The van der Waals surface area contributed by atoms with E-state index in [2.05, 4.69) is 15.2 Å². The number of rotatable bonds is 6. The average Bonchev–Trinajstić information content (AvgIpc) is 3.19. The van der Waals surface area contributed by atoms with E-state index in [1.165, 1.54) is 0 Å². The average molecular weight is 404 g/mol. The molecule has 0 aliphatic carbocycles. The summed E-state index contributed by atoms with van der Waals surface area (Å²) in [5.74, 6) is 1.73. The minimum Gasteiger partial charge on any atom is -0.487 e. The lowest BCUT2D eigenvalue weighted by Crippen LogP contribution is -1.97. The molecule has 2 aromatic heterocycles. The summed E-state index contributed by atoms with van der Waals surface area (Å²) in [4.78, 5) is 4.26. The molecule has 0 amide bonds. The maximum Gasteiger partial charge on any atom is 0.248 e. The SMILES string of the molecule is Cc1nnc(C(=Cc2ccc(Cl)cc2)c2ccc(OCc3ccccn3)cc2)o1. The number of hydrogen-bond acceptors (Lipinski definition) is 5. The Hall–Kier alpha value is -3.44. The minimum absolute atomic E-state index is 0.413. The first-order chi connectivity index (χ1) is 14.2. The van der Waals surface area contributed by atoms with Gasteiger partial charge >= 0.3 is 0 Å². The Morgan fingerprint density at radius 1 is 1.00 bits per heavy atom. The van der Waals surface area contributed by atoms with Crippen LogP contribution in [0.2, 0.25) is 5.02 Å². The molecule has 0 saturated carbocycles. The van der Waals surface area contributed by atoms with E-state index >= 15 is 0 Å². The highest BCUT2D eigenvalue weighted by atomic mass is 35.5. The summed E-state index contributed by atoms with van der Waals surface area (Å²) in [7, 11) is 0. The molecule has 0 fully saturated rings. The van der Waals surface area contributed by atoms with Crippen LogP contribution in [0, 0.1) is 6.92 Å². The zero-order chi connectivity index (χ0) is 20.1. The van der Waals surface area contributed by atoms with Crippen molar-refractivity contribution in [2.45, 2.75) is 13.5 Å². The molecule has 4 aromatic rings. The highest BCUT2D eigenvalue weighted by Crippen LogP contribution is 2.27. The molecular weight excluding hydrogens is 386 g/mol. The quantitative estimate of drug-likeness (QED) is 0.392. The number of aromatic nitrogens is 3. The van der Waals surface area contributed by atoms with Crippen LogP contribution in [-0.4, -0.2) is 15.2 Å². The summed E-state index contributed by atoms with van der Waals surface area (Å²) in [6.07, 6.45) is 3.75. The number of benzene rings is 2. The number of aryl methyl sites for hydroxylation is 1. The fourth-order valence-corrected chi connectivity index (χ4v) is 2.90. The molecule has 0 aliphatic rings. The third kappa shape index (κ3) is 4.89. The van der Waals surface area contributed by atoms with Crippen LogP contribution in [0.3, 0.4) is 0 Å². The Bertz CT molecular complexity index is 1110. The normalized spacial score (nSPS) is 11.4. The van der Waals surface area contributed by atoms with Crippen molar-refractivity contribution in [3.8, 4) is 5.75 Å². The molecule has 0 atom stereocenters. The van der Waals surface area contributed by atoms with E-state index in [4.69, 9.17) is 20.8 Å². The molecule has 5 nitrogen and oxygen atoms in total. The molecule has 0 aliphatic heterocycles.